The number of imidazole rings is 1. The van der Waals surface area contributed by atoms with Gasteiger partial charge in [-0.05, 0) is 20.8 Å². The summed E-state index contributed by atoms with van der Waals surface area (Å²) >= 11 is 0. The van der Waals surface area contributed by atoms with Crippen molar-refractivity contribution in [2.24, 2.45) is 7.05 Å². The molecule has 0 saturated heterocycles. The van der Waals surface area contributed by atoms with Crippen LogP contribution in [0.25, 0.3) is 5.82 Å². The van der Waals surface area contributed by atoms with E-state index in [-0.39, 0.29) is 6.61 Å². The van der Waals surface area contributed by atoms with Gasteiger partial charge in [-0.1, -0.05) is 0 Å². The molecule has 86 valence electrons. The molecule has 2 aromatic rings. The minimum atomic E-state index is -0.00826. The highest BCUT2D eigenvalue weighted by Gasteiger charge is 2.16. The number of aliphatic hydroxyl groups is 1. The molecule has 2 aromatic heterocycles. The van der Waals surface area contributed by atoms with E-state index in [1.807, 2.05) is 32.4 Å². The molecule has 5 nitrogen and oxygen atoms in total. The summed E-state index contributed by atoms with van der Waals surface area (Å²) in [5.74, 6) is 0.887. The van der Waals surface area contributed by atoms with Crippen molar-refractivity contribution in [3.8, 4) is 5.82 Å². The molecule has 0 amide bonds. The van der Waals surface area contributed by atoms with Crippen LogP contribution in [0.1, 0.15) is 22.6 Å². The first-order valence-corrected chi connectivity index (χ1v) is 5.20. The first-order chi connectivity index (χ1) is 7.56. The summed E-state index contributed by atoms with van der Waals surface area (Å²) in [6.45, 7) is 5.86. The molecular formula is C11H16N4O. The standard InChI is InChI=1S/C11H16N4O/c1-7-9(3)15(6-12-7)11-10(5-16)8(2)13-14(11)4/h6,16H,5H2,1-4H3. The molecule has 0 radical (unpaired) electrons. The second kappa shape index (κ2) is 3.75. The Morgan fingerprint density at radius 3 is 2.44 bits per heavy atom. The van der Waals surface area contributed by atoms with E-state index in [2.05, 4.69) is 10.1 Å². The Bertz CT molecular complexity index is 524. The zero-order valence-corrected chi connectivity index (χ0v) is 10.0. The zero-order valence-electron chi connectivity index (χ0n) is 10.0. The van der Waals surface area contributed by atoms with E-state index < -0.39 is 0 Å². The zero-order chi connectivity index (χ0) is 11.9. The summed E-state index contributed by atoms with van der Waals surface area (Å²) in [4.78, 5) is 4.26. The third-order valence-electron chi connectivity index (χ3n) is 2.95. The molecule has 1 N–H and O–H groups in total. The molecule has 0 spiro atoms. The lowest BCUT2D eigenvalue weighted by molar-refractivity contribution is 0.280. The molecule has 0 aliphatic carbocycles. The van der Waals surface area contributed by atoms with Crippen molar-refractivity contribution in [3.63, 3.8) is 0 Å². The van der Waals surface area contributed by atoms with Crippen molar-refractivity contribution in [3.05, 3.63) is 29.0 Å². The predicted molar refractivity (Wildman–Crippen MR) is 60.5 cm³/mol. The van der Waals surface area contributed by atoms with Crippen LogP contribution in [0.15, 0.2) is 6.33 Å². The van der Waals surface area contributed by atoms with Crippen LogP contribution < -0.4 is 0 Å². The van der Waals surface area contributed by atoms with Crippen molar-refractivity contribution in [2.75, 3.05) is 0 Å². The number of hydrogen-bond acceptors (Lipinski definition) is 3. The van der Waals surface area contributed by atoms with Crippen LogP contribution in [0.3, 0.4) is 0 Å². The average Bonchev–Trinajstić information content (AvgIpc) is 2.69. The fraction of sp³-hybridized carbons (Fsp3) is 0.455. The van der Waals surface area contributed by atoms with Gasteiger partial charge in [0.2, 0.25) is 0 Å². The summed E-state index contributed by atoms with van der Waals surface area (Å²) in [5.41, 5.74) is 3.76. The van der Waals surface area contributed by atoms with Crippen LogP contribution in [0, 0.1) is 20.8 Å². The molecule has 0 saturated carbocycles. The van der Waals surface area contributed by atoms with E-state index in [1.165, 1.54) is 0 Å². The molecule has 0 bridgehead atoms. The van der Waals surface area contributed by atoms with E-state index in [0.717, 1.165) is 28.5 Å². The van der Waals surface area contributed by atoms with E-state index >= 15 is 0 Å². The number of aromatic nitrogens is 4. The molecule has 16 heavy (non-hydrogen) atoms. The first-order valence-electron chi connectivity index (χ1n) is 5.20. The van der Waals surface area contributed by atoms with Gasteiger partial charge < -0.3 is 5.11 Å². The highest BCUT2D eigenvalue weighted by molar-refractivity contribution is 5.39. The summed E-state index contributed by atoms with van der Waals surface area (Å²) in [5, 5.41) is 13.7. The molecule has 0 aliphatic rings. The molecule has 2 heterocycles. The number of aliphatic hydroxyl groups excluding tert-OH is 1. The Morgan fingerprint density at radius 2 is 1.94 bits per heavy atom. The van der Waals surface area contributed by atoms with Gasteiger partial charge in [-0.15, -0.1) is 0 Å². The van der Waals surface area contributed by atoms with Crippen LogP contribution >= 0.6 is 0 Å². The van der Waals surface area contributed by atoms with Crippen molar-refractivity contribution in [2.45, 2.75) is 27.4 Å². The third-order valence-corrected chi connectivity index (χ3v) is 2.95. The van der Waals surface area contributed by atoms with Crippen molar-refractivity contribution in [1.82, 2.24) is 19.3 Å². The summed E-state index contributed by atoms with van der Waals surface area (Å²) in [7, 11) is 1.87. The van der Waals surface area contributed by atoms with Gasteiger partial charge >= 0.3 is 0 Å². The highest BCUT2D eigenvalue weighted by atomic mass is 16.3. The van der Waals surface area contributed by atoms with Crippen LogP contribution in [0.4, 0.5) is 0 Å². The third kappa shape index (κ3) is 1.44. The number of hydrogen-bond donors (Lipinski definition) is 1. The number of nitrogens with zero attached hydrogens (tertiary/aromatic N) is 4. The van der Waals surface area contributed by atoms with Gasteiger partial charge in [-0.25, -0.2) is 4.98 Å². The lowest BCUT2D eigenvalue weighted by atomic mass is 10.2. The van der Waals surface area contributed by atoms with Crippen molar-refractivity contribution < 1.29 is 5.11 Å². The normalized spacial score (nSPS) is 11.1. The Morgan fingerprint density at radius 1 is 1.25 bits per heavy atom. The van der Waals surface area contributed by atoms with E-state index in [0.29, 0.717) is 0 Å². The van der Waals surface area contributed by atoms with E-state index in [9.17, 15) is 5.11 Å². The van der Waals surface area contributed by atoms with Gasteiger partial charge in [0.05, 0.1) is 18.0 Å². The Labute approximate surface area is 94.4 Å². The molecule has 2 rings (SSSR count). The second-order valence-electron chi connectivity index (χ2n) is 3.95. The van der Waals surface area contributed by atoms with Gasteiger partial charge in [-0.3, -0.25) is 9.25 Å². The fourth-order valence-corrected chi connectivity index (χ4v) is 1.89. The maximum Gasteiger partial charge on any atom is 0.141 e. The quantitative estimate of drug-likeness (QED) is 0.822. The second-order valence-corrected chi connectivity index (χ2v) is 3.95. The Balaban J connectivity index is 2.68. The summed E-state index contributed by atoms with van der Waals surface area (Å²) in [6, 6.07) is 0. The van der Waals surface area contributed by atoms with Crippen LogP contribution in [-0.4, -0.2) is 24.4 Å². The molecule has 0 fully saturated rings. The van der Waals surface area contributed by atoms with Crippen LogP contribution in [0.2, 0.25) is 0 Å². The van der Waals surface area contributed by atoms with E-state index in [1.54, 1.807) is 11.0 Å². The van der Waals surface area contributed by atoms with Gasteiger partial charge in [0.15, 0.2) is 0 Å². The molecule has 5 heteroatoms. The summed E-state index contributed by atoms with van der Waals surface area (Å²) in [6.07, 6.45) is 1.76. The number of aryl methyl sites for hydroxylation is 3. The SMILES string of the molecule is Cc1nn(C)c(-n2cnc(C)c2C)c1CO. The maximum atomic E-state index is 9.38. The van der Waals surface area contributed by atoms with Crippen molar-refractivity contribution in [1.29, 1.82) is 0 Å². The Kier molecular flexibility index (Phi) is 2.55. The topological polar surface area (TPSA) is 55.9 Å². The van der Waals surface area contributed by atoms with Crippen LogP contribution in [0.5, 0.6) is 0 Å². The molecule has 0 aliphatic heterocycles. The number of rotatable bonds is 2. The van der Waals surface area contributed by atoms with Gasteiger partial charge in [0, 0.05) is 18.3 Å². The van der Waals surface area contributed by atoms with Crippen molar-refractivity contribution >= 4 is 0 Å². The predicted octanol–water partition coefficient (Wildman–Crippen LogP) is 1.02. The monoisotopic (exact) mass is 220 g/mol. The molecule has 0 atom stereocenters. The smallest absolute Gasteiger partial charge is 0.141 e. The van der Waals surface area contributed by atoms with Crippen LogP contribution in [-0.2, 0) is 13.7 Å². The fourth-order valence-electron chi connectivity index (χ4n) is 1.89. The van der Waals surface area contributed by atoms with Gasteiger partial charge in [-0.2, -0.15) is 5.10 Å². The van der Waals surface area contributed by atoms with E-state index in [4.69, 9.17) is 0 Å². The molecular weight excluding hydrogens is 204 g/mol. The Hall–Kier alpha value is -1.62. The lowest BCUT2D eigenvalue weighted by Gasteiger charge is -2.08. The average molecular weight is 220 g/mol. The minimum absolute atomic E-state index is 0.00826. The summed E-state index contributed by atoms with van der Waals surface area (Å²) < 4.78 is 3.73. The largest absolute Gasteiger partial charge is 0.391 e. The maximum absolute atomic E-state index is 9.38. The minimum Gasteiger partial charge on any atom is -0.391 e. The molecule has 0 unspecified atom stereocenters. The highest BCUT2D eigenvalue weighted by Crippen LogP contribution is 2.20. The molecule has 0 aromatic carbocycles. The van der Waals surface area contributed by atoms with Gasteiger partial charge in [0.25, 0.3) is 0 Å². The lowest BCUT2D eigenvalue weighted by Crippen LogP contribution is -2.06. The first kappa shape index (κ1) is 10.9. The van der Waals surface area contributed by atoms with Gasteiger partial charge in [0.1, 0.15) is 12.1 Å².